The van der Waals surface area contributed by atoms with Crippen LogP contribution in [0.3, 0.4) is 0 Å². The van der Waals surface area contributed by atoms with E-state index >= 15 is 0 Å². The Labute approximate surface area is 118 Å². The smallest absolute Gasteiger partial charge is 0.153 e. The fourth-order valence-electron chi connectivity index (χ4n) is 2.56. The third-order valence-electron chi connectivity index (χ3n) is 3.88. The van der Waals surface area contributed by atoms with E-state index in [-0.39, 0.29) is 0 Å². The number of benzene rings is 1. The Kier molecular flexibility index (Phi) is 3.40. The molecule has 1 fully saturated rings. The van der Waals surface area contributed by atoms with Gasteiger partial charge in [-0.1, -0.05) is 0 Å². The van der Waals surface area contributed by atoms with Crippen LogP contribution in [0.2, 0.25) is 0 Å². The fourth-order valence-corrected chi connectivity index (χ4v) is 2.56. The maximum Gasteiger partial charge on any atom is 0.153 e. The summed E-state index contributed by atoms with van der Waals surface area (Å²) in [4.78, 5) is 18.2. The van der Waals surface area contributed by atoms with E-state index in [9.17, 15) is 4.79 Å². The van der Waals surface area contributed by atoms with E-state index in [1.807, 2.05) is 6.07 Å². The van der Waals surface area contributed by atoms with E-state index in [2.05, 4.69) is 30.9 Å². The van der Waals surface area contributed by atoms with E-state index < -0.39 is 0 Å². The SMILES string of the molecule is Cc1cc2cc(C=O)c(N3CCOCC3)nc2cc1C. The summed E-state index contributed by atoms with van der Waals surface area (Å²) in [6.45, 7) is 7.09. The number of rotatable bonds is 2. The third kappa shape index (κ3) is 2.27. The van der Waals surface area contributed by atoms with Crippen molar-refractivity contribution in [2.45, 2.75) is 13.8 Å². The van der Waals surface area contributed by atoms with E-state index in [4.69, 9.17) is 9.72 Å². The topological polar surface area (TPSA) is 42.4 Å². The first-order chi connectivity index (χ1) is 9.69. The van der Waals surface area contributed by atoms with Crippen LogP contribution in [0, 0.1) is 13.8 Å². The van der Waals surface area contributed by atoms with Crippen molar-refractivity contribution in [2.75, 3.05) is 31.2 Å². The molecule has 4 nitrogen and oxygen atoms in total. The zero-order valence-corrected chi connectivity index (χ0v) is 11.8. The minimum Gasteiger partial charge on any atom is -0.378 e. The second-order valence-electron chi connectivity index (χ2n) is 5.25. The maximum atomic E-state index is 11.4. The largest absolute Gasteiger partial charge is 0.378 e. The number of aryl methyl sites for hydroxylation is 2. The highest BCUT2D eigenvalue weighted by atomic mass is 16.5. The van der Waals surface area contributed by atoms with E-state index in [1.165, 1.54) is 11.1 Å². The average Bonchev–Trinajstić information content (AvgIpc) is 2.48. The van der Waals surface area contributed by atoms with Gasteiger partial charge < -0.3 is 9.64 Å². The standard InChI is InChI=1S/C16H18N2O2/c1-11-7-13-9-14(10-19)16(17-15(13)8-12(11)2)18-3-5-20-6-4-18/h7-10H,3-6H2,1-2H3. The molecule has 1 aromatic heterocycles. The van der Waals surface area contributed by atoms with Crippen LogP contribution in [0.1, 0.15) is 21.5 Å². The molecule has 0 atom stereocenters. The molecule has 4 heteroatoms. The molecule has 1 aliphatic heterocycles. The number of nitrogens with zero attached hydrogens (tertiary/aromatic N) is 2. The number of pyridine rings is 1. The van der Waals surface area contributed by atoms with E-state index in [0.717, 1.165) is 36.1 Å². The van der Waals surface area contributed by atoms with Crippen molar-refractivity contribution < 1.29 is 9.53 Å². The molecule has 3 rings (SSSR count). The van der Waals surface area contributed by atoms with Crippen LogP contribution in [-0.4, -0.2) is 37.6 Å². The Bertz CT molecular complexity index is 661. The third-order valence-corrected chi connectivity index (χ3v) is 3.88. The molecule has 0 spiro atoms. The quantitative estimate of drug-likeness (QED) is 0.786. The molecule has 0 radical (unpaired) electrons. The molecular weight excluding hydrogens is 252 g/mol. The van der Waals surface area contributed by atoms with Gasteiger partial charge in [-0.15, -0.1) is 0 Å². The van der Waals surface area contributed by atoms with Gasteiger partial charge in [0.2, 0.25) is 0 Å². The first-order valence-corrected chi connectivity index (χ1v) is 6.89. The Morgan fingerprint density at radius 2 is 1.85 bits per heavy atom. The number of aldehydes is 1. The highest BCUT2D eigenvalue weighted by Gasteiger charge is 2.17. The van der Waals surface area contributed by atoms with Crippen LogP contribution in [-0.2, 0) is 4.74 Å². The molecule has 0 aliphatic carbocycles. The summed E-state index contributed by atoms with van der Waals surface area (Å²) < 4.78 is 5.36. The summed E-state index contributed by atoms with van der Waals surface area (Å²) in [5.41, 5.74) is 4.04. The number of ether oxygens (including phenoxy) is 1. The van der Waals surface area contributed by atoms with Crippen molar-refractivity contribution in [2.24, 2.45) is 0 Å². The minimum absolute atomic E-state index is 0.655. The van der Waals surface area contributed by atoms with E-state index in [0.29, 0.717) is 18.8 Å². The first kappa shape index (κ1) is 13.1. The van der Waals surface area contributed by atoms with Crippen molar-refractivity contribution in [1.82, 2.24) is 4.98 Å². The zero-order valence-electron chi connectivity index (χ0n) is 11.8. The van der Waals surface area contributed by atoms with Crippen molar-refractivity contribution in [1.29, 1.82) is 0 Å². The first-order valence-electron chi connectivity index (χ1n) is 6.89. The lowest BCUT2D eigenvalue weighted by atomic mass is 10.0. The molecular formula is C16H18N2O2. The van der Waals surface area contributed by atoms with Crippen LogP contribution < -0.4 is 4.90 Å². The van der Waals surface area contributed by atoms with Gasteiger partial charge in [0.25, 0.3) is 0 Å². The number of fused-ring (bicyclic) bond motifs is 1. The Balaban J connectivity index is 2.14. The van der Waals surface area contributed by atoms with Gasteiger partial charge in [-0.25, -0.2) is 4.98 Å². The predicted molar refractivity (Wildman–Crippen MR) is 79.6 cm³/mol. The molecule has 1 aromatic carbocycles. The van der Waals surface area contributed by atoms with Gasteiger partial charge in [-0.05, 0) is 43.2 Å². The highest BCUT2D eigenvalue weighted by Crippen LogP contribution is 2.25. The lowest BCUT2D eigenvalue weighted by Gasteiger charge is -2.29. The molecule has 0 N–H and O–H groups in total. The van der Waals surface area contributed by atoms with E-state index in [1.54, 1.807) is 0 Å². The second kappa shape index (κ2) is 5.21. The van der Waals surface area contributed by atoms with Crippen molar-refractivity contribution in [3.05, 3.63) is 34.9 Å². The fraction of sp³-hybridized carbons (Fsp3) is 0.375. The Morgan fingerprint density at radius 3 is 2.55 bits per heavy atom. The van der Waals surface area contributed by atoms with Gasteiger partial charge in [0, 0.05) is 18.5 Å². The predicted octanol–water partition coefficient (Wildman–Crippen LogP) is 2.50. The molecule has 1 aliphatic rings. The minimum atomic E-state index is 0.655. The Morgan fingerprint density at radius 1 is 1.15 bits per heavy atom. The maximum absolute atomic E-state index is 11.4. The number of hydrogen-bond acceptors (Lipinski definition) is 4. The molecule has 2 heterocycles. The van der Waals surface area contributed by atoms with Crippen molar-refractivity contribution in [3.8, 4) is 0 Å². The molecule has 2 aromatic rings. The van der Waals surface area contributed by atoms with Crippen LogP contribution in [0.5, 0.6) is 0 Å². The summed E-state index contributed by atoms with van der Waals surface area (Å²) in [7, 11) is 0. The average molecular weight is 270 g/mol. The van der Waals surface area contributed by atoms with Crippen LogP contribution in [0.25, 0.3) is 10.9 Å². The van der Waals surface area contributed by atoms with Gasteiger partial charge in [-0.3, -0.25) is 4.79 Å². The number of morpholine rings is 1. The summed E-state index contributed by atoms with van der Waals surface area (Å²) >= 11 is 0. The molecule has 20 heavy (non-hydrogen) atoms. The number of aromatic nitrogens is 1. The Hall–Kier alpha value is -1.94. The molecule has 0 unspecified atom stereocenters. The molecule has 0 amide bonds. The van der Waals surface area contributed by atoms with Gasteiger partial charge in [0.15, 0.2) is 6.29 Å². The summed E-state index contributed by atoms with van der Waals surface area (Å²) in [6.07, 6.45) is 0.895. The lowest BCUT2D eigenvalue weighted by molar-refractivity contribution is 0.111. The summed E-state index contributed by atoms with van der Waals surface area (Å²) in [5, 5.41) is 1.02. The molecule has 0 bridgehead atoms. The van der Waals surface area contributed by atoms with Crippen LogP contribution >= 0.6 is 0 Å². The normalized spacial score (nSPS) is 15.6. The number of anilines is 1. The lowest BCUT2D eigenvalue weighted by Crippen LogP contribution is -2.37. The van der Waals surface area contributed by atoms with Crippen LogP contribution in [0.15, 0.2) is 18.2 Å². The highest BCUT2D eigenvalue weighted by molar-refractivity contribution is 5.92. The van der Waals surface area contributed by atoms with Gasteiger partial charge in [-0.2, -0.15) is 0 Å². The summed E-state index contributed by atoms with van der Waals surface area (Å²) in [5.74, 6) is 0.777. The van der Waals surface area contributed by atoms with Gasteiger partial charge >= 0.3 is 0 Å². The zero-order chi connectivity index (χ0) is 14.1. The van der Waals surface area contributed by atoms with Crippen molar-refractivity contribution >= 4 is 23.0 Å². The molecule has 0 saturated carbocycles. The van der Waals surface area contributed by atoms with Crippen molar-refractivity contribution in [3.63, 3.8) is 0 Å². The summed E-state index contributed by atoms with van der Waals surface area (Å²) in [6, 6.07) is 6.11. The van der Waals surface area contributed by atoms with Gasteiger partial charge in [0.1, 0.15) is 5.82 Å². The van der Waals surface area contributed by atoms with Gasteiger partial charge in [0.05, 0.1) is 24.3 Å². The molecule has 1 saturated heterocycles. The second-order valence-corrected chi connectivity index (χ2v) is 5.25. The molecule has 104 valence electrons. The number of hydrogen-bond donors (Lipinski definition) is 0. The monoisotopic (exact) mass is 270 g/mol. The number of carbonyl (C=O) groups is 1. The number of carbonyl (C=O) groups excluding carboxylic acids is 1. The van der Waals surface area contributed by atoms with Crippen LogP contribution in [0.4, 0.5) is 5.82 Å².